The van der Waals surface area contributed by atoms with Crippen LogP contribution in [0.25, 0.3) is 10.7 Å². The van der Waals surface area contributed by atoms with Gasteiger partial charge in [0.1, 0.15) is 10.7 Å². The summed E-state index contributed by atoms with van der Waals surface area (Å²) < 4.78 is 0. The second kappa shape index (κ2) is 6.83. The van der Waals surface area contributed by atoms with E-state index in [1.165, 1.54) is 0 Å². The van der Waals surface area contributed by atoms with E-state index in [9.17, 15) is 4.79 Å². The summed E-state index contributed by atoms with van der Waals surface area (Å²) in [6.07, 6.45) is 3.06. The van der Waals surface area contributed by atoms with Crippen LogP contribution in [-0.2, 0) is 4.79 Å². The Morgan fingerprint density at radius 1 is 1.16 bits per heavy atom. The number of carbonyl (C=O) groups is 1. The highest BCUT2D eigenvalue weighted by atomic mass is 32.1. The largest absolute Gasteiger partial charge is 0.332 e. The van der Waals surface area contributed by atoms with Crippen LogP contribution < -0.4 is 0 Å². The van der Waals surface area contributed by atoms with Gasteiger partial charge in [0.2, 0.25) is 5.91 Å². The highest BCUT2D eigenvalue weighted by molar-refractivity contribution is 7.13. The first-order valence-electron chi connectivity index (χ1n) is 8.85. The number of hydrogen-bond acceptors (Lipinski definition) is 5. The number of thiazole rings is 1. The normalized spacial score (nSPS) is 18.4. The van der Waals surface area contributed by atoms with Crippen molar-refractivity contribution in [1.82, 2.24) is 19.9 Å². The Bertz CT molecular complexity index is 778. The molecule has 2 aromatic heterocycles. The van der Waals surface area contributed by atoms with Crippen molar-refractivity contribution in [2.75, 3.05) is 6.54 Å². The fraction of sp³-hybridized carbons (Fsp3) is 0.579. The number of hydrogen-bond donors (Lipinski definition) is 0. The summed E-state index contributed by atoms with van der Waals surface area (Å²) in [5.74, 6) is 0.925. The average Bonchev–Trinajstić information content (AvgIpc) is 2.99. The van der Waals surface area contributed by atoms with Crippen molar-refractivity contribution in [3.8, 4) is 10.7 Å². The molecule has 0 spiro atoms. The van der Waals surface area contributed by atoms with Gasteiger partial charge >= 0.3 is 0 Å². The summed E-state index contributed by atoms with van der Waals surface area (Å²) in [5.41, 5.74) is 2.38. The van der Waals surface area contributed by atoms with Crippen molar-refractivity contribution in [3.63, 3.8) is 0 Å². The molecular weight excluding hydrogens is 332 g/mol. The molecule has 0 N–H and O–H groups in total. The van der Waals surface area contributed by atoms with Crippen LogP contribution in [0.4, 0.5) is 0 Å². The van der Waals surface area contributed by atoms with Crippen molar-refractivity contribution in [2.24, 2.45) is 5.41 Å². The van der Waals surface area contributed by atoms with Crippen molar-refractivity contribution in [3.05, 3.63) is 28.7 Å². The standard InChI is InChI=1S/C19H26N4OS/c1-12-10-14(17-21-13(2)11-25-17)22-16(20-12)15-8-6-7-9-23(15)18(24)19(3,4)5/h10-11,15H,6-9H2,1-5H3/t15-/m0/s1. The first kappa shape index (κ1) is 18.0. The number of likely N-dealkylation sites (tertiary alicyclic amines) is 1. The number of rotatable bonds is 2. The number of piperidine rings is 1. The molecule has 0 saturated carbocycles. The lowest BCUT2D eigenvalue weighted by atomic mass is 9.91. The minimum absolute atomic E-state index is 0.0415. The molecule has 3 heterocycles. The maximum Gasteiger partial charge on any atom is 0.228 e. The third-order valence-electron chi connectivity index (χ3n) is 4.41. The van der Waals surface area contributed by atoms with Crippen molar-refractivity contribution < 1.29 is 4.79 Å². The zero-order valence-corrected chi connectivity index (χ0v) is 16.5. The number of amides is 1. The van der Waals surface area contributed by atoms with E-state index in [0.29, 0.717) is 0 Å². The monoisotopic (exact) mass is 358 g/mol. The number of aryl methyl sites for hydroxylation is 2. The van der Waals surface area contributed by atoms with E-state index in [-0.39, 0.29) is 11.9 Å². The van der Waals surface area contributed by atoms with Gasteiger partial charge in [-0.05, 0) is 39.2 Å². The molecule has 0 unspecified atom stereocenters. The molecule has 134 valence electrons. The van der Waals surface area contributed by atoms with Gasteiger partial charge in [0.15, 0.2) is 5.82 Å². The quantitative estimate of drug-likeness (QED) is 0.802. The lowest BCUT2D eigenvalue weighted by molar-refractivity contribution is -0.143. The van der Waals surface area contributed by atoms with Crippen LogP contribution in [0, 0.1) is 19.3 Å². The van der Waals surface area contributed by atoms with E-state index in [1.807, 2.05) is 51.0 Å². The maximum atomic E-state index is 12.9. The molecule has 2 aromatic rings. The van der Waals surface area contributed by atoms with Gasteiger partial charge in [-0.2, -0.15) is 0 Å². The van der Waals surface area contributed by atoms with Crippen molar-refractivity contribution >= 4 is 17.2 Å². The Morgan fingerprint density at radius 3 is 2.56 bits per heavy atom. The second-order valence-electron chi connectivity index (χ2n) is 7.81. The third kappa shape index (κ3) is 3.89. The Hall–Kier alpha value is -1.82. The van der Waals surface area contributed by atoms with E-state index in [1.54, 1.807) is 11.3 Å². The summed E-state index contributed by atoms with van der Waals surface area (Å²) in [5, 5.41) is 2.94. The first-order valence-corrected chi connectivity index (χ1v) is 9.73. The molecule has 1 saturated heterocycles. The van der Waals surface area contributed by atoms with Crippen LogP contribution in [-0.4, -0.2) is 32.3 Å². The summed E-state index contributed by atoms with van der Waals surface area (Å²) in [6, 6.07) is 1.93. The van der Waals surface area contributed by atoms with Gasteiger partial charge in [0.25, 0.3) is 0 Å². The summed E-state index contributed by atoms with van der Waals surface area (Å²) in [6.45, 7) is 10.7. The lowest BCUT2D eigenvalue weighted by Crippen LogP contribution is -2.44. The fourth-order valence-corrected chi connectivity index (χ4v) is 3.95. The van der Waals surface area contributed by atoms with E-state index in [4.69, 9.17) is 4.98 Å². The van der Waals surface area contributed by atoms with Crippen LogP contribution in [0.15, 0.2) is 11.4 Å². The number of nitrogens with zero attached hydrogens (tertiary/aromatic N) is 4. The van der Waals surface area contributed by atoms with E-state index >= 15 is 0 Å². The molecule has 1 fully saturated rings. The molecule has 1 amide bonds. The van der Waals surface area contributed by atoms with Crippen molar-refractivity contribution in [2.45, 2.75) is 59.9 Å². The minimum Gasteiger partial charge on any atom is -0.332 e. The number of aromatic nitrogens is 3. The van der Waals surface area contributed by atoms with Crippen LogP contribution >= 0.6 is 11.3 Å². The van der Waals surface area contributed by atoms with Gasteiger partial charge in [0.05, 0.1) is 6.04 Å². The average molecular weight is 359 g/mol. The Balaban J connectivity index is 1.98. The summed E-state index contributed by atoms with van der Waals surface area (Å²) in [7, 11) is 0. The fourth-order valence-electron chi connectivity index (χ4n) is 3.20. The highest BCUT2D eigenvalue weighted by Gasteiger charge is 2.35. The molecule has 25 heavy (non-hydrogen) atoms. The van der Waals surface area contributed by atoms with Gasteiger partial charge in [0, 0.05) is 28.7 Å². The van der Waals surface area contributed by atoms with Gasteiger partial charge in [-0.1, -0.05) is 20.8 Å². The van der Waals surface area contributed by atoms with Gasteiger partial charge < -0.3 is 4.90 Å². The molecular formula is C19H26N4OS. The topological polar surface area (TPSA) is 59.0 Å². The summed E-state index contributed by atoms with van der Waals surface area (Å²) >= 11 is 1.60. The minimum atomic E-state index is -0.394. The molecule has 0 aliphatic carbocycles. The molecule has 6 heteroatoms. The maximum absolute atomic E-state index is 12.9. The second-order valence-corrected chi connectivity index (χ2v) is 8.67. The van der Waals surface area contributed by atoms with E-state index in [0.717, 1.165) is 53.7 Å². The third-order valence-corrected chi connectivity index (χ3v) is 5.40. The molecule has 0 aromatic carbocycles. The van der Waals surface area contributed by atoms with E-state index < -0.39 is 5.41 Å². The van der Waals surface area contributed by atoms with Crippen molar-refractivity contribution in [1.29, 1.82) is 0 Å². The Labute approximate surface area is 153 Å². The van der Waals surface area contributed by atoms with Crippen LogP contribution in [0.1, 0.15) is 63.3 Å². The van der Waals surface area contributed by atoms with Gasteiger partial charge in [-0.25, -0.2) is 15.0 Å². The molecule has 1 aliphatic rings. The van der Waals surface area contributed by atoms with Crippen LogP contribution in [0.2, 0.25) is 0 Å². The van der Waals surface area contributed by atoms with Gasteiger partial charge in [-0.15, -0.1) is 11.3 Å². The Morgan fingerprint density at radius 2 is 1.92 bits per heavy atom. The smallest absolute Gasteiger partial charge is 0.228 e. The molecule has 1 aliphatic heterocycles. The lowest BCUT2D eigenvalue weighted by Gasteiger charge is -2.38. The van der Waals surface area contributed by atoms with Gasteiger partial charge in [-0.3, -0.25) is 4.79 Å². The number of carbonyl (C=O) groups excluding carboxylic acids is 1. The first-order chi connectivity index (χ1) is 11.8. The molecule has 1 atom stereocenters. The van der Waals surface area contributed by atoms with E-state index in [2.05, 4.69) is 9.97 Å². The Kier molecular flexibility index (Phi) is 4.91. The predicted octanol–water partition coefficient (Wildman–Crippen LogP) is 4.32. The van der Waals surface area contributed by atoms with Crippen LogP contribution in [0.3, 0.4) is 0 Å². The molecule has 3 rings (SSSR count). The molecule has 0 radical (unpaired) electrons. The highest BCUT2D eigenvalue weighted by Crippen LogP contribution is 2.34. The predicted molar refractivity (Wildman–Crippen MR) is 100 cm³/mol. The molecule has 5 nitrogen and oxygen atoms in total. The summed E-state index contributed by atoms with van der Waals surface area (Å²) in [4.78, 5) is 28.9. The zero-order chi connectivity index (χ0) is 18.2. The van der Waals surface area contributed by atoms with Crippen LogP contribution in [0.5, 0.6) is 0 Å². The zero-order valence-electron chi connectivity index (χ0n) is 15.7. The SMILES string of the molecule is Cc1cc(-c2nc(C)cs2)nc([C@@H]2CCCCN2C(=O)C(C)(C)C)n1. The molecule has 0 bridgehead atoms.